The third kappa shape index (κ3) is 3.67. The highest BCUT2D eigenvalue weighted by atomic mass is 16.4. The average Bonchev–Trinajstić information content (AvgIpc) is 2.96. The molecule has 0 spiro atoms. The van der Waals surface area contributed by atoms with E-state index in [1.165, 1.54) is 17.7 Å². The highest BCUT2D eigenvalue weighted by Gasteiger charge is 2.35. The minimum Gasteiger partial charge on any atom is -0.480 e. The zero-order valence-electron chi connectivity index (χ0n) is 12.5. The van der Waals surface area contributed by atoms with Crippen LogP contribution in [-0.2, 0) is 4.79 Å². The molecule has 1 atom stereocenters. The number of carboxylic acid groups (broad SMARTS) is 1. The first kappa shape index (κ1) is 14.6. The van der Waals surface area contributed by atoms with Crippen LogP contribution in [0.5, 0.6) is 0 Å². The van der Waals surface area contributed by atoms with Crippen LogP contribution in [0.3, 0.4) is 0 Å². The number of aliphatic carboxylic acids is 1. The molecule has 0 aromatic carbocycles. The molecular formula is C15H25N3O3. The standard InChI is InChI=1S/C15H25N3O3/c19-14(20)11-18(9-12-3-4-12)15(21)17-8-5-13(10-17)16-6-1-2-7-16/h12-13H,1-11H2,(H,19,20). The van der Waals surface area contributed by atoms with Gasteiger partial charge in [-0.3, -0.25) is 9.69 Å². The van der Waals surface area contributed by atoms with E-state index in [0.717, 1.165) is 45.4 Å². The van der Waals surface area contributed by atoms with Crippen LogP contribution in [0.25, 0.3) is 0 Å². The van der Waals surface area contributed by atoms with Crippen molar-refractivity contribution in [3.8, 4) is 0 Å². The van der Waals surface area contributed by atoms with Gasteiger partial charge in [-0.2, -0.15) is 0 Å². The van der Waals surface area contributed by atoms with Gasteiger partial charge in [-0.05, 0) is 51.1 Å². The van der Waals surface area contributed by atoms with E-state index >= 15 is 0 Å². The van der Waals surface area contributed by atoms with E-state index in [1.807, 2.05) is 4.90 Å². The van der Waals surface area contributed by atoms with Gasteiger partial charge in [-0.25, -0.2) is 4.79 Å². The summed E-state index contributed by atoms with van der Waals surface area (Å²) in [5, 5.41) is 9.01. The molecule has 3 aliphatic rings. The fourth-order valence-electron chi connectivity index (χ4n) is 3.51. The lowest BCUT2D eigenvalue weighted by Gasteiger charge is -2.28. The normalized spacial score (nSPS) is 26.3. The van der Waals surface area contributed by atoms with Crippen LogP contribution in [0.2, 0.25) is 0 Å². The van der Waals surface area contributed by atoms with Gasteiger partial charge in [0.2, 0.25) is 0 Å². The lowest BCUT2D eigenvalue weighted by Crippen LogP contribution is -2.46. The van der Waals surface area contributed by atoms with Gasteiger partial charge in [0.1, 0.15) is 6.54 Å². The first-order chi connectivity index (χ1) is 10.1. The van der Waals surface area contributed by atoms with Crippen LogP contribution >= 0.6 is 0 Å². The van der Waals surface area contributed by atoms with Crippen molar-refractivity contribution in [3.05, 3.63) is 0 Å². The van der Waals surface area contributed by atoms with E-state index in [4.69, 9.17) is 5.11 Å². The number of nitrogens with zero attached hydrogens (tertiary/aromatic N) is 3. The minimum absolute atomic E-state index is 0.0778. The predicted molar refractivity (Wildman–Crippen MR) is 78.1 cm³/mol. The Morgan fingerprint density at radius 1 is 1.10 bits per heavy atom. The van der Waals surface area contributed by atoms with Crippen molar-refractivity contribution in [2.45, 2.75) is 38.1 Å². The SMILES string of the molecule is O=C(O)CN(CC1CC1)C(=O)N1CCC(N2CCCC2)C1. The van der Waals surface area contributed by atoms with Gasteiger partial charge < -0.3 is 14.9 Å². The second kappa shape index (κ2) is 6.22. The number of amides is 2. The Kier molecular flexibility index (Phi) is 4.33. The fourth-order valence-corrected chi connectivity index (χ4v) is 3.51. The van der Waals surface area contributed by atoms with Crippen LogP contribution in [-0.4, -0.2) is 77.1 Å². The van der Waals surface area contributed by atoms with Crippen LogP contribution in [0.4, 0.5) is 4.79 Å². The number of likely N-dealkylation sites (tertiary alicyclic amines) is 2. The van der Waals surface area contributed by atoms with Crippen LogP contribution in [0.15, 0.2) is 0 Å². The molecule has 0 aromatic heterocycles. The quantitative estimate of drug-likeness (QED) is 0.824. The maximum atomic E-state index is 12.6. The molecule has 21 heavy (non-hydrogen) atoms. The van der Waals surface area contributed by atoms with E-state index in [-0.39, 0.29) is 12.6 Å². The Bertz CT molecular complexity index is 405. The lowest BCUT2D eigenvalue weighted by atomic mass is 10.2. The number of carbonyl (C=O) groups is 2. The summed E-state index contributed by atoms with van der Waals surface area (Å²) in [6, 6.07) is 0.398. The third-order valence-corrected chi connectivity index (χ3v) is 4.86. The summed E-state index contributed by atoms with van der Waals surface area (Å²) in [5.74, 6) is -0.399. The molecule has 0 radical (unpaired) electrons. The van der Waals surface area contributed by atoms with Crippen molar-refractivity contribution in [1.82, 2.24) is 14.7 Å². The Morgan fingerprint density at radius 3 is 2.43 bits per heavy atom. The maximum absolute atomic E-state index is 12.6. The number of hydrogen-bond acceptors (Lipinski definition) is 3. The largest absolute Gasteiger partial charge is 0.480 e. The maximum Gasteiger partial charge on any atom is 0.323 e. The summed E-state index contributed by atoms with van der Waals surface area (Å²) in [6.07, 6.45) is 5.80. The van der Waals surface area contributed by atoms with E-state index in [1.54, 1.807) is 0 Å². The Morgan fingerprint density at radius 2 is 1.81 bits per heavy atom. The van der Waals surface area contributed by atoms with Gasteiger partial charge in [0.15, 0.2) is 0 Å². The summed E-state index contributed by atoms with van der Waals surface area (Å²) in [7, 11) is 0. The number of carbonyl (C=O) groups excluding carboxylic acids is 1. The highest BCUT2D eigenvalue weighted by molar-refractivity contribution is 5.80. The molecule has 3 rings (SSSR count). The average molecular weight is 295 g/mol. The van der Waals surface area contributed by atoms with Crippen molar-refractivity contribution >= 4 is 12.0 Å². The molecule has 118 valence electrons. The topological polar surface area (TPSA) is 64.1 Å². The number of hydrogen-bond donors (Lipinski definition) is 1. The van der Waals surface area contributed by atoms with Crippen LogP contribution < -0.4 is 0 Å². The van der Waals surface area contributed by atoms with E-state index in [9.17, 15) is 9.59 Å². The van der Waals surface area contributed by atoms with Crippen LogP contribution in [0.1, 0.15) is 32.1 Å². The van der Waals surface area contributed by atoms with Crippen molar-refractivity contribution in [3.63, 3.8) is 0 Å². The summed E-state index contributed by atoms with van der Waals surface area (Å²) in [4.78, 5) is 29.4. The van der Waals surface area contributed by atoms with Gasteiger partial charge in [0.25, 0.3) is 0 Å². The summed E-state index contributed by atoms with van der Waals surface area (Å²) in [5.41, 5.74) is 0. The van der Waals surface area contributed by atoms with Gasteiger partial charge in [-0.15, -0.1) is 0 Å². The summed E-state index contributed by atoms with van der Waals surface area (Å²) >= 11 is 0. The molecule has 1 aliphatic carbocycles. The van der Waals surface area contributed by atoms with E-state index in [0.29, 0.717) is 18.5 Å². The Balaban J connectivity index is 1.55. The molecular weight excluding hydrogens is 270 g/mol. The fraction of sp³-hybridized carbons (Fsp3) is 0.867. The molecule has 2 amide bonds. The third-order valence-electron chi connectivity index (χ3n) is 4.86. The molecule has 1 saturated carbocycles. The van der Waals surface area contributed by atoms with E-state index in [2.05, 4.69) is 4.90 Å². The summed E-state index contributed by atoms with van der Waals surface area (Å²) in [6.45, 7) is 4.26. The summed E-state index contributed by atoms with van der Waals surface area (Å²) < 4.78 is 0. The monoisotopic (exact) mass is 295 g/mol. The zero-order chi connectivity index (χ0) is 14.8. The van der Waals surface area contributed by atoms with Gasteiger partial charge in [0.05, 0.1) is 0 Å². The van der Waals surface area contributed by atoms with E-state index < -0.39 is 5.97 Å². The molecule has 6 nitrogen and oxygen atoms in total. The number of rotatable bonds is 5. The molecule has 1 unspecified atom stereocenters. The van der Waals surface area contributed by atoms with Crippen molar-refractivity contribution in [1.29, 1.82) is 0 Å². The van der Waals surface area contributed by atoms with Gasteiger partial charge in [-0.1, -0.05) is 0 Å². The van der Waals surface area contributed by atoms with Crippen molar-refractivity contribution < 1.29 is 14.7 Å². The second-order valence-corrected chi connectivity index (χ2v) is 6.63. The van der Waals surface area contributed by atoms with Gasteiger partial charge >= 0.3 is 12.0 Å². The van der Waals surface area contributed by atoms with Crippen molar-refractivity contribution in [2.24, 2.45) is 5.92 Å². The second-order valence-electron chi connectivity index (χ2n) is 6.63. The molecule has 0 bridgehead atoms. The number of carboxylic acids is 1. The molecule has 1 N–H and O–H groups in total. The smallest absolute Gasteiger partial charge is 0.323 e. The highest BCUT2D eigenvalue weighted by Crippen LogP contribution is 2.30. The molecule has 0 aromatic rings. The minimum atomic E-state index is -0.917. The molecule has 3 fully saturated rings. The Labute approximate surface area is 125 Å². The Hall–Kier alpha value is -1.30. The first-order valence-corrected chi connectivity index (χ1v) is 8.13. The predicted octanol–water partition coefficient (Wildman–Crippen LogP) is 1.07. The first-order valence-electron chi connectivity index (χ1n) is 8.13. The molecule has 2 heterocycles. The molecule has 2 saturated heterocycles. The van der Waals surface area contributed by atoms with Crippen molar-refractivity contribution in [2.75, 3.05) is 39.3 Å². The molecule has 6 heteroatoms. The number of urea groups is 1. The zero-order valence-corrected chi connectivity index (χ0v) is 12.5. The van der Waals surface area contributed by atoms with Gasteiger partial charge in [0, 0.05) is 25.7 Å². The lowest BCUT2D eigenvalue weighted by molar-refractivity contribution is -0.137. The van der Waals surface area contributed by atoms with Crippen LogP contribution in [0, 0.1) is 5.92 Å². The molecule has 2 aliphatic heterocycles.